The molecule has 2 saturated heterocycles. The van der Waals surface area contributed by atoms with Crippen molar-refractivity contribution in [2.45, 2.75) is 12.5 Å². The van der Waals surface area contributed by atoms with E-state index in [0.29, 0.717) is 5.92 Å². The van der Waals surface area contributed by atoms with E-state index in [1.807, 2.05) is 23.1 Å². The van der Waals surface area contributed by atoms with Gasteiger partial charge in [0, 0.05) is 46.4 Å². The highest BCUT2D eigenvalue weighted by Gasteiger charge is 2.31. The zero-order valence-corrected chi connectivity index (χ0v) is 16.1. The Kier molecular flexibility index (Phi) is 6.88. The van der Waals surface area contributed by atoms with Crippen LogP contribution in [0.15, 0.2) is 30.3 Å². The van der Waals surface area contributed by atoms with Gasteiger partial charge < -0.3 is 24.8 Å². The number of nitrogens with one attached hydrogen (secondary N) is 1. The van der Waals surface area contributed by atoms with E-state index in [1.165, 1.54) is 5.56 Å². The largest absolute Gasteiger partial charge is 0.383 e. The van der Waals surface area contributed by atoms with Crippen LogP contribution in [-0.2, 0) is 4.74 Å². The molecule has 0 aliphatic carbocycles. The summed E-state index contributed by atoms with van der Waals surface area (Å²) in [5.41, 5.74) is 1.21. The minimum absolute atomic E-state index is 0.0716. The lowest BCUT2D eigenvalue weighted by Crippen LogP contribution is -2.53. The van der Waals surface area contributed by atoms with Crippen LogP contribution in [0.3, 0.4) is 0 Å². The molecule has 1 aromatic rings. The standard InChI is InChI=1S/C20H32N4O2/c1-22-10-11-24(19(16-22)18-6-4-3-5-7-18)20(25)21-14-17-8-9-23(15-17)12-13-26-2/h3-7,17,19H,8-16H2,1-2H3,(H,21,25). The number of ether oxygens (including phenoxy) is 1. The molecule has 0 spiro atoms. The van der Waals surface area contributed by atoms with Crippen LogP contribution >= 0.6 is 0 Å². The quantitative estimate of drug-likeness (QED) is 0.838. The Hall–Kier alpha value is -1.63. The first kappa shape index (κ1) is 19.1. The fourth-order valence-corrected chi connectivity index (χ4v) is 3.96. The number of rotatable bonds is 6. The van der Waals surface area contributed by atoms with Crippen molar-refractivity contribution in [2.24, 2.45) is 5.92 Å². The molecule has 2 unspecified atom stereocenters. The van der Waals surface area contributed by atoms with E-state index in [0.717, 1.165) is 58.8 Å². The second kappa shape index (κ2) is 9.35. The lowest BCUT2D eigenvalue weighted by atomic mass is 10.0. The summed E-state index contributed by atoms with van der Waals surface area (Å²) in [4.78, 5) is 19.6. The SMILES string of the molecule is COCCN1CCC(CNC(=O)N2CCN(C)CC2c2ccccc2)C1. The molecule has 0 bridgehead atoms. The number of nitrogens with zero attached hydrogens (tertiary/aromatic N) is 3. The van der Waals surface area contributed by atoms with Crippen LogP contribution in [0.1, 0.15) is 18.0 Å². The predicted molar refractivity (Wildman–Crippen MR) is 103 cm³/mol. The Labute approximate surface area is 157 Å². The summed E-state index contributed by atoms with van der Waals surface area (Å²) in [5, 5.41) is 3.20. The van der Waals surface area contributed by atoms with E-state index in [4.69, 9.17) is 4.74 Å². The molecule has 2 aliphatic rings. The summed E-state index contributed by atoms with van der Waals surface area (Å²) >= 11 is 0. The van der Waals surface area contributed by atoms with Gasteiger partial charge in [0.15, 0.2) is 0 Å². The van der Waals surface area contributed by atoms with E-state index >= 15 is 0 Å². The van der Waals surface area contributed by atoms with Gasteiger partial charge in [-0.15, -0.1) is 0 Å². The topological polar surface area (TPSA) is 48.1 Å². The third kappa shape index (κ3) is 4.96. The zero-order chi connectivity index (χ0) is 18.4. The lowest BCUT2D eigenvalue weighted by Gasteiger charge is -2.40. The normalized spacial score (nSPS) is 24.8. The highest BCUT2D eigenvalue weighted by Crippen LogP contribution is 2.25. The van der Waals surface area contributed by atoms with Gasteiger partial charge in [0.2, 0.25) is 0 Å². The third-order valence-corrected chi connectivity index (χ3v) is 5.55. The van der Waals surface area contributed by atoms with Crippen molar-refractivity contribution in [3.63, 3.8) is 0 Å². The fraction of sp³-hybridized carbons (Fsp3) is 0.650. The van der Waals surface area contributed by atoms with Gasteiger partial charge in [0.25, 0.3) is 0 Å². The number of carbonyl (C=O) groups is 1. The summed E-state index contributed by atoms with van der Waals surface area (Å²) in [5.74, 6) is 0.540. The van der Waals surface area contributed by atoms with Crippen molar-refractivity contribution < 1.29 is 9.53 Å². The minimum Gasteiger partial charge on any atom is -0.383 e. The number of methoxy groups -OCH3 is 1. The van der Waals surface area contributed by atoms with Gasteiger partial charge in [-0.1, -0.05) is 30.3 Å². The highest BCUT2D eigenvalue weighted by atomic mass is 16.5. The average Bonchev–Trinajstić information content (AvgIpc) is 3.13. The third-order valence-electron chi connectivity index (χ3n) is 5.55. The van der Waals surface area contributed by atoms with Gasteiger partial charge in [-0.2, -0.15) is 0 Å². The number of likely N-dealkylation sites (N-methyl/N-ethyl adjacent to an activating group) is 1. The summed E-state index contributed by atoms with van der Waals surface area (Å²) < 4.78 is 5.16. The van der Waals surface area contributed by atoms with Gasteiger partial charge in [0.05, 0.1) is 12.6 Å². The summed E-state index contributed by atoms with van der Waals surface area (Å²) in [6.45, 7) is 7.24. The van der Waals surface area contributed by atoms with Crippen LogP contribution in [-0.4, -0.2) is 87.3 Å². The molecule has 6 heteroatoms. The molecule has 0 saturated carbocycles. The van der Waals surface area contributed by atoms with Crippen LogP contribution in [0.4, 0.5) is 4.79 Å². The summed E-state index contributed by atoms with van der Waals surface area (Å²) in [7, 11) is 3.87. The Morgan fingerprint density at radius 3 is 2.77 bits per heavy atom. The zero-order valence-electron chi connectivity index (χ0n) is 16.1. The van der Waals surface area contributed by atoms with Crippen molar-refractivity contribution in [3.8, 4) is 0 Å². The van der Waals surface area contributed by atoms with Crippen molar-refractivity contribution in [2.75, 3.05) is 66.6 Å². The molecule has 2 atom stereocenters. The second-order valence-electron chi connectivity index (χ2n) is 7.52. The Morgan fingerprint density at radius 2 is 2.00 bits per heavy atom. The van der Waals surface area contributed by atoms with Crippen molar-refractivity contribution in [1.82, 2.24) is 20.0 Å². The molecule has 2 aliphatic heterocycles. The first-order valence-electron chi connectivity index (χ1n) is 9.66. The van der Waals surface area contributed by atoms with E-state index in [1.54, 1.807) is 7.11 Å². The van der Waals surface area contributed by atoms with E-state index in [2.05, 4.69) is 34.3 Å². The molecule has 26 heavy (non-hydrogen) atoms. The van der Waals surface area contributed by atoms with Gasteiger partial charge in [-0.25, -0.2) is 4.79 Å². The number of benzene rings is 1. The maximum atomic E-state index is 12.9. The lowest BCUT2D eigenvalue weighted by molar-refractivity contribution is 0.108. The monoisotopic (exact) mass is 360 g/mol. The van der Waals surface area contributed by atoms with Crippen LogP contribution in [0.2, 0.25) is 0 Å². The van der Waals surface area contributed by atoms with E-state index < -0.39 is 0 Å². The first-order chi connectivity index (χ1) is 12.7. The summed E-state index contributed by atoms with van der Waals surface area (Å²) in [6, 6.07) is 10.6. The Morgan fingerprint density at radius 1 is 1.19 bits per heavy atom. The van der Waals surface area contributed by atoms with Gasteiger partial charge in [0.1, 0.15) is 0 Å². The Bertz CT molecular complexity index is 568. The smallest absolute Gasteiger partial charge is 0.318 e. The maximum Gasteiger partial charge on any atom is 0.318 e. The van der Waals surface area contributed by atoms with Crippen LogP contribution in [0.5, 0.6) is 0 Å². The van der Waals surface area contributed by atoms with Crippen molar-refractivity contribution >= 4 is 6.03 Å². The molecule has 6 nitrogen and oxygen atoms in total. The van der Waals surface area contributed by atoms with Crippen LogP contribution in [0.25, 0.3) is 0 Å². The molecule has 2 fully saturated rings. The number of piperazine rings is 1. The van der Waals surface area contributed by atoms with Crippen LogP contribution < -0.4 is 5.32 Å². The molecule has 144 valence electrons. The number of carbonyl (C=O) groups excluding carboxylic acids is 1. The van der Waals surface area contributed by atoms with E-state index in [9.17, 15) is 4.79 Å². The molecular weight excluding hydrogens is 328 g/mol. The van der Waals surface area contributed by atoms with Gasteiger partial charge in [-0.05, 0) is 31.5 Å². The number of hydrogen-bond acceptors (Lipinski definition) is 4. The number of hydrogen-bond donors (Lipinski definition) is 1. The fourth-order valence-electron chi connectivity index (χ4n) is 3.96. The highest BCUT2D eigenvalue weighted by molar-refractivity contribution is 5.75. The Balaban J connectivity index is 1.53. The molecular formula is C20H32N4O2. The summed E-state index contributed by atoms with van der Waals surface area (Å²) in [6.07, 6.45) is 1.15. The molecule has 0 radical (unpaired) electrons. The second-order valence-corrected chi connectivity index (χ2v) is 7.52. The number of likely N-dealkylation sites (tertiary alicyclic amines) is 1. The molecule has 2 heterocycles. The molecule has 1 aromatic carbocycles. The molecule has 0 aromatic heterocycles. The van der Waals surface area contributed by atoms with Crippen molar-refractivity contribution in [1.29, 1.82) is 0 Å². The predicted octanol–water partition coefficient (Wildman–Crippen LogP) is 1.65. The number of amides is 2. The molecule has 2 amide bonds. The molecule has 3 rings (SSSR count). The minimum atomic E-state index is 0.0716. The van der Waals surface area contributed by atoms with E-state index in [-0.39, 0.29) is 12.1 Å². The van der Waals surface area contributed by atoms with Crippen molar-refractivity contribution in [3.05, 3.63) is 35.9 Å². The molecule has 1 N–H and O–H groups in total. The van der Waals surface area contributed by atoms with Gasteiger partial charge >= 0.3 is 6.03 Å². The van der Waals surface area contributed by atoms with Crippen LogP contribution in [0, 0.1) is 5.92 Å². The average molecular weight is 361 g/mol. The van der Waals surface area contributed by atoms with Gasteiger partial charge in [-0.3, -0.25) is 0 Å². The number of urea groups is 1. The first-order valence-corrected chi connectivity index (χ1v) is 9.66. The maximum absolute atomic E-state index is 12.9.